The van der Waals surface area contributed by atoms with Gasteiger partial charge in [0.1, 0.15) is 6.04 Å². The van der Waals surface area contributed by atoms with Crippen LogP contribution in [0.5, 0.6) is 0 Å². The van der Waals surface area contributed by atoms with E-state index in [1.54, 1.807) is 0 Å². The summed E-state index contributed by atoms with van der Waals surface area (Å²) < 4.78 is 0. The number of carbonyl (C=O) groups is 1. The summed E-state index contributed by atoms with van der Waals surface area (Å²) in [5.74, 6) is 0.260. The third kappa shape index (κ3) is 3.35. The third-order valence-corrected chi connectivity index (χ3v) is 6.00. The normalized spacial score (nSPS) is 22.3. The molecule has 0 N–H and O–H groups in total. The van der Waals surface area contributed by atoms with Crippen molar-refractivity contribution in [1.82, 2.24) is 14.7 Å². The van der Waals surface area contributed by atoms with Gasteiger partial charge in [0.2, 0.25) is 5.91 Å². The molecule has 1 amide bonds. The topological polar surface area (TPSA) is 26.8 Å². The quantitative estimate of drug-likeness (QED) is 0.853. The van der Waals surface area contributed by atoms with Crippen LogP contribution in [0.3, 0.4) is 0 Å². The second-order valence-electron chi connectivity index (χ2n) is 8.04. The summed E-state index contributed by atoms with van der Waals surface area (Å²) in [6.07, 6.45) is 3.59. The van der Waals surface area contributed by atoms with Gasteiger partial charge in [0.05, 0.1) is 0 Å². The van der Waals surface area contributed by atoms with Crippen molar-refractivity contribution < 1.29 is 4.79 Å². The maximum atomic E-state index is 13.2. The van der Waals surface area contributed by atoms with Gasteiger partial charge in [-0.05, 0) is 70.4 Å². The molecule has 132 valence electrons. The van der Waals surface area contributed by atoms with Crippen molar-refractivity contribution in [2.24, 2.45) is 5.41 Å². The van der Waals surface area contributed by atoms with Gasteiger partial charge in [0, 0.05) is 19.6 Å². The number of benzene rings is 1. The van der Waals surface area contributed by atoms with E-state index in [1.165, 1.54) is 25.1 Å². The fourth-order valence-corrected chi connectivity index (χ4v) is 4.47. The second-order valence-corrected chi connectivity index (χ2v) is 8.04. The zero-order valence-corrected chi connectivity index (χ0v) is 15.6. The molecule has 0 unspecified atom stereocenters. The highest BCUT2D eigenvalue weighted by atomic mass is 16.2. The summed E-state index contributed by atoms with van der Waals surface area (Å²) >= 11 is 0. The van der Waals surface area contributed by atoms with Crippen molar-refractivity contribution in [2.75, 3.05) is 47.3 Å². The standard InChI is InChI=1S/C20H31N3O/c1-16-7-5-6-8-17(16)18(21(2)3)19(24)23-13-10-20(11-14-23)9-12-22(4)15-20/h5-8,18H,9-15H2,1-4H3/t18-/m1/s1. The van der Waals surface area contributed by atoms with Crippen molar-refractivity contribution in [3.63, 3.8) is 0 Å². The molecule has 24 heavy (non-hydrogen) atoms. The van der Waals surface area contributed by atoms with E-state index in [0.29, 0.717) is 5.41 Å². The highest BCUT2D eigenvalue weighted by Crippen LogP contribution is 2.40. The summed E-state index contributed by atoms with van der Waals surface area (Å²) in [5.41, 5.74) is 2.78. The molecule has 2 saturated heterocycles. The minimum Gasteiger partial charge on any atom is -0.341 e. The molecule has 2 heterocycles. The molecule has 4 heteroatoms. The van der Waals surface area contributed by atoms with Crippen molar-refractivity contribution in [3.8, 4) is 0 Å². The number of hydrogen-bond acceptors (Lipinski definition) is 3. The van der Waals surface area contributed by atoms with Gasteiger partial charge < -0.3 is 9.80 Å². The minimum absolute atomic E-state index is 0.175. The number of likely N-dealkylation sites (tertiary alicyclic amines) is 2. The predicted molar refractivity (Wildman–Crippen MR) is 98.0 cm³/mol. The first-order chi connectivity index (χ1) is 11.4. The Morgan fingerprint density at radius 3 is 2.29 bits per heavy atom. The lowest BCUT2D eigenvalue weighted by Crippen LogP contribution is -2.47. The van der Waals surface area contributed by atoms with Gasteiger partial charge in [-0.15, -0.1) is 0 Å². The molecule has 1 atom stereocenters. The molecule has 1 aromatic rings. The molecule has 4 nitrogen and oxygen atoms in total. The largest absolute Gasteiger partial charge is 0.341 e. The molecular weight excluding hydrogens is 298 g/mol. The molecule has 0 aromatic heterocycles. The summed E-state index contributed by atoms with van der Waals surface area (Å²) in [6, 6.07) is 8.09. The number of amides is 1. The van der Waals surface area contributed by atoms with Crippen molar-refractivity contribution in [2.45, 2.75) is 32.2 Å². The van der Waals surface area contributed by atoms with E-state index in [4.69, 9.17) is 0 Å². The molecule has 2 aliphatic rings. The number of aryl methyl sites for hydroxylation is 1. The van der Waals surface area contributed by atoms with E-state index in [9.17, 15) is 4.79 Å². The molecule has 1 aromatic carbocycles. The predicted octanol–water partition coefficient (Wildman–Crippen LogP) is 2.54. The van der Waals surface area contributed by atoms with Crippen LogP contribution in [0.25, 0.3) is 0 Å². The molecule has 0 bridgehead atoms. The van der Waals surface area contributed by atoms with Gasteiger partial charge in [-0.25, -0.2) is 0 Å². The molecule has 0 saturated carbocycles. The molecule has 2 fully saturated rings. The maximum absolute atomic E-state index is 13.2. The van der Waals surface area contributed by atoms with E-state index < -0.39 is 0 Å². The van der Waals surface area contributed by atoms with Crippen LogP contribution >= 0.6 is 0 Å². The van der Waals surface area contributed by atoms with Gasteiger partial charge in [-0.1, -0.05) is 24.3 Å². The monoisotopic (exact) mass is 329 g/mol. The molecule has 0 radical (unpaired) electrons. The average Bonchev–Trinajstić information content (AvgIpc) is 2.90. The molecule has 3 rings (SSSR count). The lowest BCUT2D eigenvalue weighted by Gasteiger charge is -2.41. The Morgan fingerprint density at radius 1 is 1.12 bits per heavy atom. The van der Waals surface area contributed by atoms with E-state index in [0.717, 1.165) is 31.5 Å². The van der Waals surface area contributed by atoms with E-state index >= 15 is 0 Å². The van der Waals surface area contributed by atoms with Gasteiger partial charge in [0.15, 0.2) is 0 Å². The van der Waals surface area contributed by atoms with Crippen LogP contribution in [0.1, 0.15) is 36.4 Å². The van der Waals surface area contributed by atoms with Crippen LogP contribution in [-0.2, 0) is 4.79 Å². The Morgan fingerprint density at radius 2 is 1.75 bits per heavy atom. The summed E-state index contributed by atoms with van der Waals surface area (Å²) in [4.78, 5) is 19.8. The number of carbonyl (C=O) groups excluding carboxylic acids is 1. The molecular formula is C20H31N3O. The highest BCUT2D eigenvalue weighted by Gasteiger charge is 2.41. The Bertz CT molecular complexity index is 590. The second kappa shape index (κ2) is 6.85. The number of rotatable bonds is 3. The van der Waals surface area contributed by atoms with E-state index in [1.807, 2.05) is 26.2 Å². The first-order valence-electron chi connectivity index (χ1n) is 9.11. The van der Waals surface area contributed by atoms with Crippen molar-refractivity contribution in [1.29, 1.82) is 0 Å². The number of hydrogen-bond donors (Lipinski definition) is 0. The van der Waals surface area contributed by atoms with Crippen LogP contribution in [0.2, 0.25) is 0 Å². The van der Waals surface area contributed by atoms with Crippen LogP contribution < -0.4 is 0 Å². The Balaban J connectivity index is 1.72. The molecule has 2 aliphatic heterocycles. The average molecular weight is 329 g/mol. The van der Waals surface area contributed by atoms with Crippen LogP contribution in [-0.4, -0.2) is 67.9 Å². The zero-order valence-electron chi connectivity index (χ0n) is 15.6. The molecule has 0 aliphatic carbocycles. The summed E-state index contributed by atoms with van der Waals surface area (Å²) in [7, 11) is 6.23. The summed E-state index contributed by atoms with van der Waals surface area (Å²) in [6.45, 7) is 6.31. The smallest absolute Gasteiger partial charge is 0.244 e. The van der Waals surface area contributed by atoms with Gasteiger partial charge in [0.25, 0.3) is 0 Å². The third-order valence-electron chi connectivity index (χ3n) is 6.00. The maximum Gasteiger partial charge on any atom is 0.244 e. The first kappa shape index (κ1) is 17.4. The van der Waals surface area contributed by atoms with Gasteiger partial charge in [-0.2, -0.15) is 0 Å². The highest BCUT2D eigenvalue weighted by molar-refractivity contribution is 5.83. The van der Waals surface area contributed by atoms with Crippen LogP contribution in [0.4, 0.5) is 0 Å². The molecule has 1 spiro atoms. The number of nitrogens with zero attached hydrogens (tertiary/aromatic N) is 3. The lowest BCUT2D eigenvalue weighted by atomic mass is 9.77. The van der Waals surface area contributed by atoms with Gasteiger partial charge in [-0.3, -0.25) is 9.69 Å². The zero-order chi connectivity index (χ0) is 17.3. The van der Waals surface area contributed by atoms with E-state index in [-0.39, 0.29) is 11.9 Å². The Labute approximate surface area is 146 Å². The van der Waals surface area contributed by atoms with Crippen LogP contribution in [0, 0.1) is 12.3 Å². The fraction of sp³-hybridized carbons (Fsp3) is 0.650. The lowest BCUT2D eigenvalue weighted by molar-refractivity contribution is -0.138. The summed E-state index contributed by atoms with van der Waals surface area (Å²) in [5, 5.41) is 0. The van der Waals surface area contributed by atoms with Crippen LogP contribution in [0.15, 0.2) is 24.3 Å². The van der Waals surface area contributed by atoms with E-state index in [2.05, 4.69) is 40.8 Å². The SMILES string of the molecule is Cc1ccccc1[C@H](C(=O)N1CCC2(CCN(C)C2)CC1)N(C)C. The number of piperidine rings is 1. The number of likely N-dealkylation sites (N-methyl/N-ethyl adjacent to an activating group) is 1. The minimum atomic E-state index is -0.175. The van der Waals surface area contributed by atoms with Gasteiger partial charge >= 0.3 is 0 Å². The fourth-order valence-electron chi connectivity index (χ4n) is 4.47. The first-order valence-corrected chi connectivity index (χ1v) is 9.11. The van der Waals surface area contributed by atoms with Crippen molar-refractivity contribution >= 4 is 5.91 Å². The van der Waals surface area contributed by atoms with Crippen molar-refractivity contribution in [3.05, 3.63) is 35.4 Å². The Kier molecular flexibility index (Phi) is 4.97. The Hall–Kier alpha value is -1.39.